The molecule has 0 aromatic heterocycles. The van der Waals surface area contributed by atoms with Crippen molar-refractivity contribution in [3.05, 3.63) is 29.8 Å². The van der Waals surface area contributed by atoms with Crippen molar-refractivity contribution >= 4 is 17.5 Å². The first-order valence-corrected chi connectivity index (χ1v) is 7.57. The van der Waals surface area contributed by atoms with E-state index in [1.807, 2.05) is 24.3 Å². The summed E-state index contributed by atoms with van der Waals surface area (Å²) in [6, 6.07) is 7.75. The summed E-state index contributed by atoms with van der Waals surface area (Å²) in [7, 11) is 0. The molecule has 0 fully saturated rings. The molecule has 0 aliphatic carbocycles. The molecular weight excluding hydrogens is 264 g/mol. The fourth-order valence-corrected chi connectivity index (χ4v) is 2.08. The maximum absolute atomic E-state index is 12.1. The van der Waals surface area contributed by atoms with Crippen molar-refractivity contribution in [3.63, 3.8) is 0 Å². The first kappa shape index (κ1) is 17.2. The second-order valence-electron chi connectivity index (χ2n) is 5.68. The lowest BCUT2D eigenvalue weighted by atomic mass is 10.1. The van der Waals surface area contributed by atoms with Gasteiger partial charge in [-0.1, -0.05) is 39.0 Å². The molecule has 0 heterocycles. The molecule has 1 aromatic carbocycles. The Kier molecular flexibility index (Phi) is 6.92. The summed E-state index contributed by atoms with van der Waals surface area (Å²) < 4.78 is 0. The summed E-state index contributed by atoms with van der Waals surface area (Å²) >= 11 is 0. The summed E-state index contributed by atoms with van der Waals surface area (Å²) in [5.41, 5.74) is 1.93. The lowest BCUT2D eigenvalue weighted by Gasteiger charge is -2.21. The molecule has 1 aromatic rings. The molecule has 4 heteroatoms. The highest BCUT2D eigenvalue weighted by atomic mass is 16.2. The molecule has 0 aliphatic rings. The quantitative estimate of drug-likeness (QED) is 0.839. The Morgan fingerprint density at radius 1 is 1.24 bits per heavy atom. The molecule has 0 unspecified atom stereocenters. The molecular formula is C17H26N2O2. The number of nitrogens with one attached hydrogen (secondary N) is 1. The van der Waals surface area contributed by atoms with Crippen LogP contribution in [0.25, 0.3) is 0 Å². The van der Waals surface area contributed by atoms with Gasteiger partial charge in [-0.05, 0) is 30.4 Å². The van der Waals surface area contributed by atoms with Crippen molar-refractivity contribution < 1.29 is 9.59 Å². The average molecular weight is 290 g/mol. The fourth-order valence-electron chi connectivity index (χ4n) is 2.08. The van der Waals surface area contributed by atoms with Crippen molar-refractivity contribution in [2.75, 3.05) is 18.4 Å². The molecule has 0 spiro atoms. The van der Waals surface area contributed by atoms with E-state index in [0.29, 0.717) is 12.5 Å². The molecule has 4 nitrogen and oxygen atoms in total. The minimum atomic E-state index is -0.144. The van der Waals surface area contributed by atoms with Crippen molar-refractivity contribution in [1.29, 1.82) is 0 Å². The minimum Gasteiger partial charge on any atom is -0.334 e. The summed E-state index contributed by atoms with van der Waals surface area (Å²) in [6.07, 6.45) is 1.76. The van der Waals surface area contributed by atoms with Gasteiger partial charge in [0.05, 0.1) is 6.54 Å². The third kappa shape index (κ3) is 5.98. The number of carbonyl (C=O) groups is 2. The number of anilines is 1. The first-order chi connectivity index (χ1) is 9.93. The Morgan fingerprint density at radius 3 is 2.48 bits per heavy atom. The number of hydrogen-bond donors (Lipinski definition) is 1. The number of carbonyl (C=O) groups excluding carboxylic acids is 2. The van der Waals surface area contributed by atoms with Gasteiger partial charge >= 0.3 is 0 Å². The zero-order valence-corrected chi connectivity index (χ0v) is 13.5. The molecule has 116 valence electrons. The number of para-hydroxylation sites is 1. The third-order valence-electron chi connectivity index (χ3n) is 3.43. The number of aryl methyl sites for hydroxylation is 1. The van der Waals surface area contributed by atoms with Gasteiger partial charge in [-0.2, -0.15) is 0 Å². The topological polar surface area (TPSA) is 49.4 Å². The molecule has 1 N–H and O–H groups in total. The van der Waals surface area contributed by atoms with Crippen molar-refractivity contribution in [2.45, 2.75) is 40.5 Å². The Labute approximate surface area is 127 Å². The maximum Gasteiger partial charge on any atom is 0.244 e. The average Bonchev–Trinajstić information content (AvgIpc) is 2.43. The minimum absolute atomic E-state index is 0.0606. The van der Waals surface area contributed by atoms with Crippen LogP contribution in [0.1, 0.15) is 39.7 Å². The molecule has 2 amide bonds. The van der Waals surface area contributed by atoms with Crippen molar-refractivity contribution in [1.82, 2.24) is 4.90 Å². The van der Waals surface area contributed by atoms with Gasteiger partial charge in [-0.25, -0.2) is 0 Å². The zero-order chi connectivity index (χ0) is 15.8. The predicted molar refractivity (Wildman–Crippen MR) is 86.2 cm³/mol. The van der Waals surface area contributed by atoms with Gasteiger partial charge in [0.25, 0.3) is 0 Å². The number of benzene rings is 1. The van der Waals surface area contributed by atoms with Gasteiger partial charge in [0.15, 0.2) is 0 Å². The largest absolute Gasteiger partial charge is 0.334 e. The van der Waals surface area contributed by atoms with Gasteiger partial charge in [-0.3, -0.25) is 9.59 Å². The number of nitrogens with zero attached hydrogens (tertiary/aromatic N) is 1. The van der Waals surface area contributed by atoms with E-state index in [9.17, 15) is 9.59 Å². The van der Waals surface area contributed by atoms with E-state index in [0.717, 1.165) is 24.1 Å². The highest BCUT2D eigenvalue weighted by Gasteiger charge is 2.14. The fraction of sp³-hybridized carbons (Fsp3) is 0.529. The zero-order valence-electron chi connectivity index (χ0n) is 13.5. The molecule has 0 aliphatic heterocycles. The van der Waals surface area contributed by atoms with Gasteiger partial charge in [0.2, 0.25) is 11.8 Å². The van der Waals surface area contributed by atoms with Crippen LogP contribution in [0.4, 0.5) is 5.69 Å². The normalized spacial score (nSPS) is 10.5. The van der Waals surface area contributed by atoms with Gasteiger partial charge in [0, 0.05) is 19.2 Å². The van der Waals surface area contributed by atoms with Crippen LogP contribution in [0.2, 0.25) is 0 Å². The molecule has 0 radical (unpaired) electrons. The van der Waals surface area contributed by atoms with Crippen LogP contribution >= 0.6 is 0 Å². The highest BCUT2D eigenvalue weighted by molar-refractivity contribution is 5.94. The van der Waals surface area contributed by atoms with Gasteiger partial charge < -0.3 is 10.2 Å². The van der Waals surface area contributed by atoms with E-state index < -0.39 is 0 Å². The smallest absolute Gasteiger partial charge is 0.244 e. The van der Waals surface area contributed by atoms with E-state index in [1.54, 1.807) is 4.90 Å². The molecule has 1 rings (SSSR count). The Balaban J connectivity index is 2.63. The summed E-state index contributed by atoms with van der Waals surface area (Å²) in [4.78, 5) is 25.3. The van der Waals surface area contributed by atoms with Crippen LogP contribution in [0, 0.1) is 5.92 Å². The summed E-state index contributed by atoms with van der Waals surface area (Å²) in [6.45, 7) is 8.50. The third-order valence-corrected chi connectivity index (χ3v) is 3.43. The first-order valence-electron chi connectivity index (χ1n) is 7.57. The second-order valence-corrected chi connectivity index (χ2v) is 5.68. The summed E-state index contributed by atoms with van der Waals surface area (Å²) in [5.74, 6) is 0.306. The number of hydrogen-bond acceptors (Lipinski definition) is 2. The van der Waals surface area contributed by atoms with Gasteiger partial charge in [-0.15, -0.1) is 0 Å². The highest BCUT2D eigenvalue weighted by Crippen LogP contribution is 2.15. The van der Waals surface area contributed by atoms with Crippen LogP contribution in [0.15, 0.2) is 24.3 Å². The van der Waals surface area contributed by atoms with Crippen LogP contribution < -0.4 is 5.32 Å². The van der Waals surface area contributed by atoms with E-state index in [1.165, 1.54) is 6.92 Å². The Morgan fingerprint density at radius 2 is 1.90 bits per heavy atom. The molecule has 0 bridgehead atoms. The molecule has 0 saturated heterocycles. The van der Waals surface area contributed by atoms with E-state index in [-0.39, 0.29) is 18.4 Å². The lowest BCUT2D eigenvalue weighted by Crippen LogP contribution is -2.37. The number of rotatable bonds is 7. The Hall–Kier alpha value is -1.84. The van der Waals surface area contributed by atoms with Crippen molar-refractivity contribution in [3.8, 4) is 0 Å². The van der Waals surface area contributed by atoms with Crippen LogP contribution in [-0.4, -0.2) is 29.8 Å². The molecule has 21 heavy (non-hydrogen) atoms. The Bertz CT molecular complexity index is 483. The van der Waals surface area contributed by atoms with Crippen molar-refractivity contribution in [2.24, 2.45) is 5.92 Å². The molecule has 0 saturated carbocycles. The van der Waals surface area contributed by atoms with E-state index in [2.05, 4.69) is 26.1 Å². The van der Waals surface area contributed by atoms with Crippen LogP contribution in [0.3, 0.4) is 0 Å². The van der Waals surface area contributed by atoms with E-state index in [4.69, 9.17) is 0 Å². The molecule has 0 atom stereocenters. The standard InChI is InChI=1S/C17H26N2O2/c1-5-15-8-6-7-9-16(15)18-17(21)12-19(14(4)20)11-10-13(2)3/h6-9,13H,5,10-12H2,1-4H3,(H,18,21). The number of amides is 2. The van der Waals surface area contributed by atoms with Crippen LogP contribution in [0.5, 0.6) is 0 Å². The SMILES string of the molecule is CCc1ccccc1NC(=O)CN(CCC(C)C)C(C)=O. The lowest BCUT2D eigenvalue weighted by molar-refractivity contribution is -0.132. The van der Waals surface area contributed by atoms with Crippen LogP contribution in [-0.2, 0) is 16.0 Å². The maximum atomic E-state index is 12.1. The predicted octanol–water partition coefficient (Wildman–Crippen LogP) is 3.08. The van der Waals surface area contributed by atoms with E-state index >= 15 is 0 Å². The summed E-state index contributed by atoms with van der Waals surface area (Å²) in [5, 5.41) is 2.90. The monoisotopic (exact) mass is 290 g/mol. The van der Waals surface area contributed by atoms with Gasteiger partial charge in [0.1, 0.15) is 0 Å². The second kappa shape index (κ2) is 8.45.